The third-order valence-electron chi connectivity index (χ3n) is 6.98. The summed E-state index contributed by atoms with van der Waals surface area (Å²) in [5, 5.41) is 10.4. The van der Waals surface area contributed by atoms with E-state index in [0.29, 0.717) is 5.39 Å². The number of benzene rings is 3. The summed E-state index contributed by atoms with van der Waals surface area (Å²) in [6.07, 6.45) is 2.15. The smallest absolute Gasteiger partial charge is 0.411 e. The minimum atomic E-state index is -0.848. The van der Waals surface area contributed by atoms with E-state index in [1.54, 1.807) is 12.1 Å². The Morgan fingerprint density at radius 1 is 1.03 bits per heavy atom. The van der Waals surface area contributed by atoms with Crippen LogP contribution in [0, 0.1) is 5.82 Å². The van der Waals surface area contributed by atoms with E-state index in [1.807, 2.05) is 75.1 Å². The van der Waals surface area contributed by atoms with Gasteiger partial charge in [0.2, 0.25) is 0 Å². The quantitative estimate of drug-likeness (QED) is 0.395. The van der Waals surface area contributed by atoms with E-state index in [2.05, 4.69) is 0 Å². The van der Waals surface area contributed by atoms with Crippen LogP contribution >= 0.6 is 0 Å². The van der Waals surface area contributed by atoms with Gasteiger partial charge in [-0.05, 0) is 81.0 Å². The van der Waals surface area contributed by atoms with Gasteiger partial charge in [-0.1, -0.05) is 54.6 Å². The molecule has 1 aliphatic carbocycles. The Labute approximate surface area is 211 Å². The molecular formula is C30H34FNO4. The predicted molar refractivity (Wildman–Crippen MR) is 139 cm³/mol. The van der Waals surface area contributed by atoms with E-state index in [1.165, 1.54) is 6.07 Å². The number of carboxylic acids is 1. The lowest BCUT2D eigenvalue weighted by Crippen LogP contribution is -2.44. The fourth-order valence-corrected chi connectivity index (χ4v) is 5.33. The molecule has 5 nitrogen and oxygen atoms in total. The van der Waals surface area contributed by atoms with E-state index in [-0.39, 0.29) is 36.3 Å². The Morgan fingerprint density at radius 2 is 1.69 bits per heavy atom. The van der Waals surface area contributed by atoms with E-state index in [9.17, 15) is 14.0 Å². The van der Waals surface area contributed by atoms with Crippen LogP contribution in [0.5, 0.6) is 0 Å². The number of hydrogen-bond acceptors (Lipinski definition) is 3. The van der Waals surface area contributed by atoms with Gasteiger partial charge in [-0.3, -0.25) is 9.69 Å². The molecule has 0 heterocycles. The van der Waals surface area contributed by atoms with E-state index >= 15 is 0 Å². The number of fused-ring (bicyclic) bond motifs is 1. The van der Waals surface area contributed by atoms with Gasteiger partial charge in [-0.15, -0.1) is 0 Å². The minimum absolute atomic E-state index is 0.00311. The van der Waals surface area contributed by atoms with Gasteiger partial charge in [-0.2, -0.15) is 0 Å². The molecule has 190 valence electrons. The number of carboxylic acid groups (broad SMARTS) is 1. The summed E-state index contributed by atoms with van der Waals surface area (Å²) < 4.78 is 20.4. The average molecular weight is 492 g/mol. The van der Waals surface area contributed by atoms with Crippen molar-refractivity contribution in [1.82, 2.24) is 4.90 Å². The van der Waals surface area contributed by atoms with Crippen molar-refractivity contribution in [3.63, 3.8) is 0 Å². The summed E-state index contributed by atoms with van der Waals surface area (Å²) in [6.45, 7) is 7.56. The highest BCUT2D eigenvalue weighted by Gasteiger charge is 2.38. The highest BCUT2D eigenvalue weighted by atomic mass is 19.1. The highest BCUT2D eigenvalue weighted by Crippen LogP contribution is 2.41. The number of rotatable bonds is 6. The number of hydrogen-bond donors (Lipinski definition) is 1. The Bertz CT molecular complexity index is 1250. The second kappa shape index (κ2) is 10.3. The number of carbonyl (C=O) groups excluding carboxylic acids is 1. The molecule has 3 atom stereocenters. The number of carbonyl (C=O) groups is 2. The summed E-state index contributed by atoms with van der Waals surface area (Å²) in [5.74, 6) is -0.868. The first-order valence-electron chi connectivity index (χ1n) is 12.5. The van der Waals surface area contributed by atoms with Crippen molar-refractivity contribution in [2.24, 2.45) is 0 Å². The molecule has 0 radical (unpaired) electrons. The molecule has 1 amide bonds. The number of nitrogens with zero attached hydrogens (tertiary/aromatic N) is 1. The van der Waals surface area contributed by atoms with Gasteiger partial charge in [0.15, 0.2) is 0 Å². The van der Waals surface area contributed by atoms with Crippen LogP contribution in [0.15, 0.2) is 60.7 Å². The van der Waals surface area contributed by atoms with Crippen LogP contribution in [0.4, 0.5) is 9.18 Å². The van der Waals surface area contributed by atoms with E-state index in [0.717, 1.165) is 41.3 Å². The van der Waals surface area contributed by atoms with Gasteiger partial charge in [0, 0.05) is 11.4 Å². The van der Waals surface area contributed by atoms with Crippen LogP contribution in [0.25, 0.3) is 10.8 Å². The summed E-state index contributed by atoms with van der Waals surface area (Å²) in [4.78, 5) is 26.4. The molecule has 36 heavy (non-hydrogen) atoms. The maximum absolute atomic E-state index is 14.5. The summed E-state index contributed by atoms with van der Waals surface area (Å²) in [7, 11) is 0. The molecule has 0 aliphatic heterocycles. The fourth-order valence-electron chi connectivity index (χ4n) is 5.33. The predicted octanol–water partition coefficient (Wildman–Crippen LogP) is 7.24. The van der Waals surface area contributed by atoms with Gasteiger partial charge in [-0.25, -0.2) is 9.18 Å². The summed E-state index contributed by atoms with van der Waals surface area (Å²) >= 11 is 0. The first-order valence-corrected chi connectivity index (χ1v) is 12.5. The maximum atomic E-state index is 14.5. The minimum Gasteiger partial charge on any atom is -0.481 e. The number of halogens is 1. The second-order valence-electron chi connectivity index (χ2n) is 10.7. The van der Waals surface area contributed by atoms with Crippen molar-refractivity contribution in [2.45, 2.75) is 77.0 Å². The molecule has 0 saturated heterocycles. The van der Waals surface area contributed by atoms with Crippen molar-refractivity contribution >= 4 is 22.8 Å². The summed E-state index contributed by atoms with van der Waals surface area (Å²) in [5.41, 5.74) is 2.17. The lowest BCUT2D eigenvalue weighted by molar-refractivity contribution is -0.136. The largest absolute Gasteiger partial charge is 0.481 e. The van der Waals surface area contributed by atoms with Crippen molar-refractivity contribution < 1.29 is 23.8 Å². The summed E-state index contributed by atoms with van der Waals surface area (Å²) in [6, 6.07) is 18.0. The molecule has 1 saturated carbocycles. The highest BCUT2D eigenvalue weighted by molar-refractivity contribution is 5.87. The van der Waals surface area contributed by atoms with Gasteiger partial charge < -0.3 is 9.84 Å². The normalized spacial score (nSPS) is 18.7. The Hall–Kier alpha value is -3.41. The Kier molecular flexibility index (Phi) is 7.34. The third-order valence-corrected chi connectivity index (χ3v) is 6.98. The van der Waals surface area contributed by atoms with Gasteiger partial charge >= 0.3 is 12.1 Å². The number of aliphatic carboxylic acids is 1. The molecule has 1 aliphatic rings. The van der Waals surface area contributed by atoms with Crippen LogP contribution < -0.4 is 0 Å². The fraction of sp³-hybridized carbons (Fsp3) is 0.400. The molecule has 0 bridgehead atoms. The Morgan fingerprint density at radius 3 is 2.33 bits per heavy atom. The Balaban J connectivity index is 1.63. The van der Waals surface area contributed by atoms with Crippen LogP contribution in [0.2, 0.25) is 0 Å². The van der Waals surface area contributed by atoms with Crippen LogP contribution in [-0.2, 0) is 16.0 Å². The van der Waals surface area contributed by atoms with Crippen LogP contribution in [0.1, 0.15) is 75.6 Å². The molecule has 0 spiro atoms. The van der Waals surface area contributed by atoms with Gasteiger partial charge in [0.05, 0.1) is 12.5 Å². The van der Waals surface area contributed by atoms with Gasteiger partial charge in [0.25, 0.3) is 0 Å². The first-order chi connectivity index (χ1) is 17.0. The molecule has 3 aromatic carbocycles. The third kappa shape index (κ3) is 5.69. The number of amides is 1. The maximum Gasteiger partial charge on any atom is 0.411 e. The molecule has 6 heteroatoms. The van der Waals surface area contributed by atoms with E-state index < -0.39 is 11.6 Å². The van der Waals surface area contributed by atoms with Crippen LogP contribution in [-0.4, -0.2) is 33.7 Å². The van der Waals surface area contributed by atoms with Crippen molar-refractivity contribution in [2.75, 3.05) is 0 Å². The molecule has 1 N–H and O–H groups in total. The van der Waals surface area contributed by atoms with Crippen molar-refractivity contribution in [3.8, 4) is 0 Å². The average Bonchev–Trinajstić information content (AvgIpc) is 3.28. The van der Waals surface area contributed by atoms with Crippen molar-refractivity contribution in [1.29, 1.82) is 0 Å². The first kappa shape index (κ1) is 25.7. The molecule has 0 aromatic heterocycles. The molecule has 1 fully saturated rings. The molecule has 3 aromatic rings. The van der Waals surface area contributed by atoms with E-state index in [4.69, 9.17) is 9.84 Å². The zero-order valence-corrected chi connectivity index (χ0v) is 21.3. The monoisotopic (exact) mass is 491 g/mol. The lowest BCUT2D eigenvalue weighted by atomic mass is 9.95. The second-order valence-corrected chi connectivity index (χ2v) is 10.7. The molecule has 4 rings (SSSR count). The topological polar surface area (TPSA) is 66.8 Å². The zero-order chi connectivity index (χ0) is 26.0. The number of ether oxygens (including phenoxy) is 1. The molecule has 1 unspecified atom stereocenters. The zero-order valence-electron chi connectivity index (χ0n) is 21.3. The lowest BCUT2D eigenvalue weighted by Gasteiger charge is -2.37. The molecular weight excluding hydrogens is 457 g/mol. The SMILES string of the molecule is C[C@H](c1ccc(F)c2ccccc12)N(C(=O)OC(C)(C)C)C1CC[C@@H](c2ccc(CC(=O)O)cc2)C1. The van der Waals surface area contributed by atoms with Crippen LogP contribution in [0.3, 0.4) is 0 Å². The standard InChI is InChI=1S/C30H34FNO4/c1-19(24-15-16-27(31)26-8-6-5-7-25(24)26)32(29(35)36-30(2,3)4)23-14-13-22(18-23)21-11-9-20(10-12-21)17-28(33)34/h5-12,15-16,19,22-23H,13-14,17-18H2,1-4H3,(H,33,34)/t19-,22-,23?/m1/s1. The van der Waals surface area contributed by atoms with Crippen molar-refractivity contribution in [3.05, 3.63) is 83.2 Å². The van der Waals surface area contributed by atoms with Gasteiger partial charge in [0.1, 0.15) is 11.4 Å².